The lowest BCUT2D eigenvalue weighted by Crippen LogP contribution is -1.98. The minimum absolute atomic E-state index is 0.616. The van der Waals surface area contributed by atoms with E-state index in [0.29, 0.717) is 22.2 Å². The molecular weight excluding hydrogens is 293 g/mol. The van der Waals surface area contributed by atoms with Gasteiger partial charge in [0.15, 0.2) is 6.29 Å². The van der Waals surface area contributed by atoms with E-state index >= 15 is 0 Å². The Bertz CT molecular complexity index is 792. The van der Waals surface area contributed by atoms with Crippen LogP contribution in [0, 0.1) is 0 Å². The summed E-state index contributed by atoms with van der Waals surface area (Å²) < 4.78 is 2.06. The molecule has 2 aromatic carbocycles. The maximum absolute atomic E-state index is 11.0. The number of aldehydes is 1. The van der Waals surface area contributed by atoms with E-state index in [1.807, 2.05) is 36.5 Å². The molecule has 0 spiro atoms. The van der Waals surface area contributed by atoms with Crippen LogP contribution in [-0.2, 0) is 6.54 Å². The molecule has 0 unspecified atom stereocenters. The molecule has 0 aliphatic rings. The van der Waals surface area contributed by atoms with Gasteiger partial charge in [-0.25, -0.2) is 0 Å². The first kappa shape index (κ1) is 13.2. The van der Waals surface area contributed by atoms with Gasteiger partial charge in [0.1, 0.15) is 0 Å². The summed E-state index contributed by atoms with van der Waals surface area (Å²) in [5, 5.41) is 2.29. The monoisotopic (exact) mass is 303 g/mol. The minimum Gasteiger partial charge on any atom is -0.343 e. The van der Waals surface area contributed by atoms with Gasteiger partial charge in [-0.15, -0.1) is 0 Å². The summed E-state index contributed by atoms with van der Waals surface area (Å²) >= 11 is 12.2. The second-order valence-corrected chi connectivity index (χ2v) is 5.42. The Morgan fingerprint density at radius 1 is 1.10 bits per heavy atom. The zero-order chi connectivity index (χ0) is 14.1. The molecule has 4 heteroatoms. The Morgan fingerprint density at radius 2 is 1.95 bits per heavy atom. The number of nitrogens with zero attached hydrogens (tertiary/aromatic N) is 1. The Morgan fingerprint density at radius 3 is 2.75 bits per heavy atom. The number of aromatic nitrogens is 1. The molecule has 1 aromatic heterocycles. The third-order valence-electron chi connectivity index (χ3n) is 3.32. The van der Waals surface area contributed by atoms with Crippen LogP contribution in [0.4, 0.5) is 0 Å². The normalized spacial score (nSPS) is 10.9. The maximum Gasteiger partial charge on any atom is 0.150 e. The quantitative estimate of drug-likeness (QED) is 0.636. The number of carbonyl (C=O) groups is 1. The first-order valence-corrected chi connectivity index (χ1v) is 6.91. The summed E-state index contributed by atoms with van der Waals surface area (Å²) in [6, 6.07) is 13.0. The van der Waals surface area contributed by atoms with Crippen molar-refractivity contribution >= 4 is 40.4 Å². The van der Waals surface area contributed by atoms with E-state index in [-0.39, 0.29) is 0 Å². The highest BCUT2D eigenvalue weighted by molar-refractivity contribution is 6.33. The van der Waals surface area contributed by atoms with Crippen molar-refractivity contribution in [1.29, 1.82) is 0 Å². The zero-order valence-electron chi connectivity index (χ0n) is 10.5. The van der Waals surface area contributed by atoms with Gasteiger partial charge in [-0.1, -0.05) is 35.3 Å². The topological polar surface area (TPSA) is 22.0 Å². The smallest absolute Gasteiger partial charge is 0.150 e. The fourth-order valence-corrected chi connectivity index (χ4v) is 2.71. The number of fused-ring (bicyclic) bond motifs is 1. The SMILES string of the molecule is O=Cc1cccc2c1ccn2Cc1cc(Cl)ccc1Cl. The van der Waals surface area contributed by atoms with E-state index in [1.54, 1.807) is 12.1 Å². The van der Waals surface area contributed by atoms with Gasteiger partial charge in [0.25, 0.3) is 0 Å². The molecule has 100 valence electrons. The number of rotatable bonds is 3. The predicted molar refractivity (Wildman–Crippen MR) is 82.9 cm³/mol. The molecule has 0 bridgehead atoms. The van der Waals surface area contributed by atoms with Crippen molar-refractivity contribution in [3.05, 3.63) is 69.8 Å². The van der Waals surface area contributed by atoms with Gasteiger partial charge in [0, 0.05) is 39.3 Å². The van der Waals surface area contributed by atoms with Crippen LogP contribution in [0.2, 0.25) is 10.0 Å². The molecule has 0 saturated carbocycles. The van der Waals surface area contributed by atoms with Crippen LogP contribution in [0.25, 0.3) is 10.9 Å². The van der Waals surface area contributed by atoms with Crippen molar-refractivity contribution in [1.82, 2.24) is 4.57 Å². The lowest BCUT2D eigenvalue weighted by Gasteiger charge is -2.08. The minimum atomic E-state index is 0.616. The number of hydrogen-bond donors (Lipinski definition) is 0. The third kappa shape index (κ3) is 2.33. The molecule has 1 heterocycles. The van der Waals surface area contributed by atoms with Gasteiger partial charge in [-0.05, 0) is 35.9 Å². The standard InChI is InChI=1S/C16H11Cl2NO/c17-13-4-5-15(18)12(8-13)9-19-7-6-14-11(10-20)2-1-3-16(14)19/h1-8,10H,9H2. The van der Waals surface area contributed by atoms with E-state index in [2.05, 4.69) is 4.57 Å². The second-order valence-electron chi connectivity index (χ2n) is 4.58. The van der Waals surface area contributed by atoms with E-state index < -0.39 is 0 Å². The summed E-state index contributed by atoms with van der Waals surface area (Å²) in [5.74, 6) is 0. The van der Waals surface area contributed by atoms with Crippen molar-refractivity contribution in [2.75, 3.05) is 0 Å². The summed E-state index contributed by atoms with van der Waals surface area (Å²) in [6.07, 6.45) is 2.83. The van der Waals surface area contributed by atoms with E-state index in [1.165, 1.54) is 0 Å². The molecule has 0 atom stereocenters. The molecule has 2 nitrogen and oxygen atoms in total. The van der Waals surface area contributed by atoms with E-state index in [9.17, 15) is 4.79 Å². The van der Waals surface area contributed by atoms with Crippen molar-refractivity contribution in [2.45, 2.75) is 6.54 Å². The molecule has 3 rings (SSSR count). The summed E-state index contributed by atoms with van der Waals surface area (Å²) in [7, 11) is 0. The highest BCUT2D eigenvalue weighted by atomic mass is 35.5. The van der Waals surface area contributed by atoms with Crippen LogP contribution < -0.4 is 0 Å². The van der Waals surface area contributed by atoms with Gasteiger partial charge in [-0.3, -0.25) is 4.79 Å². The van der Waals surface area contributed by atoms with E-state index in [4.69, 9.17) is 23.2 Å². The fraction of sp³-hybridized carbons (Fsp3) is 0.0625. The van der Waals surface area contributed by atoms with Crippen molar-refractivity contribution < 1.29 is 4.79 Å². The number of carbonyl (C=O) groups excluding carboxylic acids is 1. The average Bonchev–Trinajstić information content (AvgIpc) is 2.86. The lowest BCUT2D eigenvalue weighted by molar-refractivity contribution is 0.112. The Hall–Kier alpha value is -1.77. The summed E-state index contributed by atoms with van der Waals surface area (Å²) in [6.45, 7) is 0.616. The number of hydrogen-bond acceptors (Lipinski definition) is 1. The predicted octanol–water partition coefficient (Wildman–Crippen LogP) is 4.81. The zero-order valence-corrected chi connectivity index (χ0v) is 12.0. The largest absolute Gasteiger partial charge is 0.343 e. The second kappa shape index (κ2) is 5.31. The third-order valence-corrected chi connectivity index (χ3v) is 3.93. The highest BCUT2D eigenvalue weighted by Gasteiger charge is 2.07. The lowest BCUT2D eigenvalue weighted by atomic mass is 10.1. The van der Waals surface area contributed by atoms with Gasteiger partial charge >= 0.3 is 0 Å². The fourth-order valence-electron chi connectivity index (χ4n) is 2.34. The number of benzene rings is 2. The number of halogens is 2. The van der Waals surface area contributed by atoms with Gasteiger partial charge in [0.2, 0.25) is 0 Å². The summed E-state index contributed by atoms with van der Waals surface area (Å²) in [4.78, 5) is 11.0. The Kier molecular flexibility index (Phi) is 3.51. The van der Waals surface area contributed by atoms with Crippen LogP contribution >= 0.6 is 23.2 Å². The molecule has 0 fully saturated rings. The van der Waals surface area contributed by atoms with Crippen LogP contribution in [-0.4, -0.2) is 10.9 Å². The molecular formula is C16H11Cl2NO. The van der Waals surface area contributed by atoms with Crippen LogP contribution in [0.15, 0.2) is 48.7 Å². The Balaban J connectivity index is 2.07. The van der Waals surface area contributed by atoms with Gasteiger partial charge in [-0.2, -0.15) is 0 Å². The molecule has 0 aliphatic heterocycles. The molecule has 0 N–H and O–H groups in total. The van der Waals surface area contributed by atoms with Gasteiger partial charge < -0.3 is 4.57 Å². The molecule has 3 aromatic rings. The maximum atomic E-state index is 11.0. The average molecular weight is 304 g/mol. The van der Waals surface area contributed by atoms with Crippen molar-refractivity contribution in [3.63, 3.8) is 0 Å². The highest BCUT2D eigenvalue weighted by Crippen LogP contribution is 2.25. The van der Waals surface area contributed by atoms with Crippen LogP contribution in [0.5, 0.6) is 0 Å². The first-order valence-electron chi connectivity index (χ1n) is 6.16. The molecule has 0 radical (unpaired) electrons. The van der Waals surface area contributed by atoms with E-state index in [0.717, 1.165) is 22.8 Å². The van der Waals surface area contributed by atoms with Crippen molar-refractivity contribution in [3.8, 4) is 0 Å². The molecule has 0 saturated heterocycles. The van der Waals surface area contributed by atoms with Crippen LogP contribution in [0.3, 0.4) is 0 Å². The van der Waals surface area contributed by atoms with Crippen LogP contribution in [0.1, 0.15) is 15.9 Å². The van der Waals surface area contributed by atoms with Gasteiger partial charge in [0.05, 0.1) is 0 Å². The molecule has 20 heavy (non-hydrogen) atoms. The van der Waals surface area contributed by atoms with Crippen molar-refractivity contribution in [2.24, 2.45) is 0 Å². The first-order chi connectivity index (χ1) is 9.69. The molecule has 0 amide bonds. The summed E-state index contributed by atoms with van der Waals surface area (Å²) in [5.41, 5.74) is 2.65. The Labute approximate surface area is 126 Å². The molecule has 0 aliphatic carbocycles.